The van der Waals surface area contributed by atoms with Crippen molar-refractivity contribution in [3.05, 3.63) is 41.8 Å². The van der Waals surface area contributed by atoms with E-state index in [4.69, 9.17) is 11.6 Å². The first kappa shape index (κ1) is 12.7. The van der Waals surface area contributed by atoms with E-state index in [0.29, 0.717) is 0 Å². The molecule has 2 aromatic rings. The van der Waals surface area contributed by atoms with Crippen LogP contribution in [0.1, 0.15) is 12.8 Å². The molecular formula is C15H18ClN3. The molecule has 0 spiro atoms. The highest BCUT2D eigenvalue weighted by molar-refractivity contribution is 6.30. The fourth-order valence-electron chi connectivity index (χ4n) is 2.54. The van der Waals surface area contributed by atoms with Gasteiger partial charge in [0.1, 0.15) is 0 Å². The van der Waals surface area contributed by atoms with Gasteiger partial charge in [-0.15, -0.1) is 0 Å². The topological polar surface area (TPSA) is 21.1 Å². The summed E-state index contributed by atoms with van der Waals surface area (Å²) < 4.78 is 2.16. The number of hydrogen-bond donors (Lipinski definition) is 0. The van der Waals surface area contributed by atoms with Crippen molar-refractivity contribution in [2.45, 2.75) is 19.4 Å². The van der Waals surface area contributed by atoms with Crippen LogP contribution in [0.4, 0.5) is 0 Å². The molecule has 1 aromatic carbocycles. The van der Waals surface area contributed by atoms with Gasteiger partial charge in [-0.25, -0.2) is 4.98 Å². The van der Waals surface area contributed by atoms with Gasteiger partial charge in [0.05, 0.1) is 12.0 Å². The van der Waals surface area contributed by atoms with E-state index in [1.54, 1.807) is 0 Å². The Morgan fingerprint density at radius 2 is 2.00 bits per heavy atom. The molecule has 0 unspecified atom stereocenters. The number of nitrogens with zero attached hydrogens (tertiary/aromatic N) is 3. The summed E-state index contributed by atoms with van der Waals surface area (Å²) >= 11 is 6.01. The van der Waals surface area contributed by atoms with Crippen LogP contribution in [0.3, 0.4) is 0 Å². The van der Waals surface area contributed by atoms with E-state index in [0.717, 1.165) is 29.4 Å². The predicted molar refractivity (Wildman–Crippen MR) is 78.3 cm³/mol. The van der Waals surface area contributed by atoms with E-state index in [2.05, 4.69) is 20.6 Å². The molecule has 1 aliphatic heterocycles. The second kappa shape index (κ2) is 5.76. The van der Waals surface area contributed by atoms with Gasteiger partial charge >= 0.3 is 0 Å². The largest absolute Gasteiger partial charge is 0.336 e. The smallest absolute Gasteiger partial charge is 0.0954 e. The Balaban J connectivity index is 1.65. The molecule has 1 saturated heterocycles. The standard InChI is InChI=1S/C15H18ClN3/c16-14-5-3-4-13(10-14)15-11-19(12-17-15)9-8-18-6-1-2-7-18/h3-5,10-12H,1-2,6-9H2. The summed E-state index contributed by atoms with van der Waals surface area (Å²) in [6.45, 7) is 4.62. The SMILES string of the molecule is Clc1cccc(-c2cn(CCN3CCCC3)cn2)c1. The molecule has 0 aliphatic carbocycles. The van der Waals surface area contributed by atoms with Crippen molar-refractivity contribution in [2.24, 2.45) is 0 Å². The Bertz CT molecular complexity index is 544. The van der Waals surface area contributed by atoms with Gasteiger partial charge < -0.3 is 9.47 Å². The van der Waals surface area contributed by atoms with Gasteiger partial charge in [0.25, 0.3) is 0 Å². The van der Waals surface area contributed by atoms with Gasteiger partial charge in [-0.3, -0.25) is 0 Å². The van der Waals surface area contributed by atoms with Crippen LogP contribution in [0, 0.1) is 0 Å². The molecule has 3 rings (SSSR count). The molecule has 19 heavy (non-hydrogen) atoms. The molecule has 0 amide bonds. The fraction of sp³-hybridized carbons (Fsp3) is 0.400. The molecule has 4 heteroatoms. The maximum Gasteiger partial charge on any atom is 0.0954 e. The number of halogens is 1. The molecule has 0 radical (unpaired) electrons. The lowest BCUT2D eigenvalue weighted by atomic mass is 10.2. The van der Waals surface area contributed by atoms with Gasteiger partial charge in [-0.05, 0) is 38.1 Å². The third-order valence-electron chi connectivity index (χ3n) is 3.63. The van der Waals surface area contributed by atoms with Crippen LogP contribution in [0.15, 0.2) is 36.8 Å². The first-order valence-electron chi connectivity index (χ1n) is 6.81. The average molecular weight is 276 g/mol. The van der Waals surface area contributed by atoms with Crippen LogP contribution >= 0.6 is 11.6 Å². The molecule has 1 aromatic heterocycles. The van der Waals surface area contributed by atoms with Crippen LogP contribution < -0.4 is 0 Å². The third-order valence-corrected chi connectivity index (χ3v) is 3.86. The van der Waals surface area contributed by atoms with Crippen molar-refractivity contribution in [1.29, 1.82) is 0 Å². The maximum absolute atomic E-state index is 6.01. The summed E-state index contributed by atoms with van der Waals surface area (Å²) in [5, 5.41) is 0.754. The van der Waals surface area contributed by atoms with E-state index >= 15 is 0 Å². The van der Waals surface area contributed by atoms with Gasteiger partial charge in [0, 0.05) is 29.9 Å². The normalized spacial score (nSPS) is 16.1. The second-order valence-corrected chi connectivity index (χ2v) is 5.49. The number of hydrogen-bond acceptors (Lipinski definition) is 2. The van der Waals surface area contributed by atoms with E-state index in [-0.39, 0.29) is 0 Å². The minimum Gasteiger partial charge on any atom is -0.336 e. The molecule has 0 N–H and O–H groups in total. The zero-order chi connectivity index (χ0) is 13.1. The Morgan fingerprint density at radius 3 is 2.79 bits per heavy atom. The lowest BCUT2D eigenvalue weighted by Crippen LogP contribution is -2.23. The van der Waals surface area contributed by atoms with Crippen molar-refractivity contribution in [3.63, 3.8) is 0 Å². The third kappa shape index (κ3) is 3.17. The van der Waals surface area contributed by atoms with Crippen LogP contribution in [0.2, 0.25) is 5.02 Å². The van der Waals surface area contributed by atoms with Crippen molar-refractivity contribution >= 4 is 11.6 Å². The fourth-order valence-corrected chi connectivity index (χ4v) is 2.73. The molecule has 2 heterocycles. The molecule has 0 bridgehead atoms. The number of aromatic nitrogens is 2. The first-order valence-corrected chi connectivity index (χ1v) is 7.19. The highest BCUT2D eigenvalue weighted by atomic mass is 35.5. The van der Waals surface area contributed by atoms with Gasteiger partial charge in [0.15, 0.2) is 0 Å². The number of likely N-dealkylation sites (tertiary alicyclic amines) is 1. The molecule has 0 atom stereocenters. The molecule has 1 aliphatic rings. The molecular weight excluding hydrogens is 258 g/mol. The second-order valence-electron chi connectivity index (χ2n) is 5.06. The van der Waals surface area contributed by atoms with E-state index in [9.17, 15) is 0 Å². The Labute approximate surface area is 118 Å². The molecule has 0 saturated carbocycles. The highest BCUT2D eigenvalue weighted by Gasteiger charge is 2.11. The summed E-state index contributed by atoms with van der Waals surface area (Å²) in [4.78, 5) is 6.97. The number of imidazole rings is 1. The summed E-state index contributed by atoms with van der Waals surface area (Å²) in [5.74, 6) is 0. The minimum absolute atomic E-state index is 0.754. The number of rotatable bonds is 4. The lowest BCUT2D eigenvalue weighted by molar-refractivity contribution is 0.322. The Hall–Kier alpha value is -1.32. The predicted octanol–water partition coefficient (Wildman–Crippen LogP) is 3.30. The summed E-state index contributed by atoms with van der Waals surface area (Å²) in [7, 11) is 0. The first-order chi connectivity index (χ1) is 9.31. The minimum atomic E-state index is 0.754. The van der Waals surface area contributed by atoms with Crippen molar-refractivity contribution in [3.8, 4) is 11.3 Å². The van der Waals surface area contributed by atoms with Gasteiger partial charge in [-0.2, -0.15) is 0 Å². The number of benzene rings is 1. The van der Waals surface area contributed by atoms with Crippen LogP contribution in [-0.4, -0.2) is 34.1 Å². The van der Waals surface area contributed by atoms with Gasteiger partial charge in [-0.1, -0.05) is 23.7 Å². The van der Waals surface area contributed by atoms with E-state index < -0.39 is 0 Å². The summed E-state index contributed by atoms with van der Waals surface area (Å²) in [6, 6.07) is 7.84. The quantitative estimate of drug-likeness (QED) is 0.854. The monoisotopic (exact) mass is 275 g/mol. The Morgan fingerprint density at radius 1 is 1.16 bits per heavy atom. The summed E-state index contributed by atoms with van der Waals surface area (Å²) in [5.41, 5.74) is 2.07. The summed E-state index contributed by atoms with van der Waals surface area (Å²) in [6.07, 6.45) is 6.70. The van der Waals surface area contributed by atoms with Crippen LogP contribution in [0.25, 0.3) is 11.3 Å². The van der Waals surface area contributed by atoms with Crippen molar-refractivity contribution < 1.29 is 0 Å². The van der Waals surface area contributed by atoms with Crippen molar-refractivity contribution in [2.75, 3.05) is 19.6 Å². The van der Waals surface area contributed by atoms with E-state index in [1.165, 1.54) is 25.9 Å². The molecule has 100 valence electrons. The zero-order valence-corrected chi connectivity index (χ0v) is 11.7. The zero-order valence-electron chi connectivity index (χ0n) is 10.9. The highest BCUT2D eigenvalue weighted by Crippen LogP contribution is 2.20. The van der Waals surface area contributed by atoms with Crippen LogP contribution in [0.5, 0.6) is 0 Å². The molecule has 1 fully saturated rings. The van der Waals surface area contributed by atoms with E-state index in [1.807, 2.05) is 30.6 Å². The average Bonchev–Trinajstić information content (AvgIpc) is 3.08. The maximum atomic E-state index is 6.01. The molecule has 3 nitrogen and oxygen atoms in total. The Kier molecular flexibility index (Phi) is 3.85. The van der Waals surface area contributed by atoms with Crippen LogP contribution in [-0.2, 0) is 6.54 Å². The van der Waals surface area contributed by atoms with Gasteiger partial charge in [0.2, 0.25) is 0 Å². The van der Waals surface area contributed by atoms with Crippen molar-refractivity contribution in [1.82, 2.24) is 14.5 Å². The lowest BCUT2D eigenvalue weighted by Gasteiger charge is -2.14.